The minimum absolute atomic E-state index is 0.221. The molecule has 2 rings (SSSR count). The largest absolute Gasteiger partial charge is 0.332 e. The summed E-state index contributed by atoms with van der Waals surface area (Å²) in [5.41, 5.74) is 3.90. The van der Waals surface area contributed by atoms with Crippen LogP contribution in [0.4, 0.5) is 10.5 Å². The first-order valence-electron chi connectivity index (χ1n) is 7.33. The van der Waals surface area contributed by atoms with Gasteiger partial charge in [0.25, 0.3) is 0 Å². The van der Waals surface area contributed by atoms with Crippen molar-refractivity contribution in [1.29, 1.82) is 0 Å². The molecule has 0 aliphatic heterocycles. The van der Waals surface area contributed by atoms with E-state index in [1.54, 1.807) is 11.8 Å². The van der Waals surface area contributed by atoms with Gasteiger partial charge in [0.05, 0.1) is 17.9 Å². The molecule has 3 N–H and O–H groups in total. The van der Waals surface area contributed by atoms with E-state index in [2.05, 4.69) is 40.1 Å². The molecule has 1 aromatic carbocycles. The van der Waals surface area contributed by atoms with Gasteiger partial charge in [-0.05, 0) is 43.4 Å². The summed E-state index contributed by atoms with van der Waals surface area (Å²) in [6.45, 7) is 4.62. The molecule has 0 bridgehead atoms. The van der Waals surface area contributed by atoms with Crippen LogP contribution < -0.4 is 10.6 Å². The Labute approximate surface area is 135 Å². The molecular formula is C16H22N4OS. The lowest BCUT2D eigenvalue weighted by atomic mass is 10.1. The lowest BCUT2D eigenvalue weighted by Gasteiger charge is -2.11. The van der Waals surface area contributed by atoms with Crippen LogP contribution in [0.3, 0.4) is 0 Å². The van der Waals surface area contributed by atoms with Gasteiger partial charge in [-0.3, -0.25) is 5.10 Å². The second kappa shape index (κ2) is 7.89. The molecule has 2 aromatic rings. The normalized spacial score (nSPS) is 12.0. The number of thioether (sulfide) groups is 1. The highest BCUT2D eigenvalue weighted by molar-refractivity contribution is 7.98. The van der Waals surface area contributed by atoms with Gasteiger partial charge in [0.2, 0.25) is 0 Å². The summed E-state index contributed by atoms with van der Waals surface area (Å²) < 4.78 is 0. The number of benzene rings is 1. The number of hydrogen-bond donors (Lipinski definition) is 3. The zero-order chi connectivity index (χ0) is 15.9. The first-order valence-corrected chi connectivity index (χ1v) is 8.62. The number of aryl methyl sites for hydroxylation is 1. The van der Waals surface area contributed by atoms with Gasteiger partial charge in [-0.15, -0.1) is 0 Å². The molecular weight excluding hydrogens is 296 g/mol. The fraction of sp³-hybridized carbons (Fsp3) is 0.375. The van der Waals surface area contributed by atoms with Crippen molar-refractivity contribution < 1.29 is 4.79 Å². The highest BCUT2D eigenvalue weighted by atomic mass is 32.2. The minimum Gasteiger partial charge on any atom is -0.332 e. The molecule has 1 unspecified atom stereocenters. The molecule has 22 heavy (non-hydrogen) atoms. The van der Waals surface area contributed by atoms with Crippen molar-refractivity contribution in [3.05, 3.63) is 47.3 Å². The molecule has 1 heterocycles. The smallest absolute Gasteiger partial charge is 0.319 e. The Balaban J connectivity index is 1.89. The molecule has 1 aromatic heterocycles. The molecule has 2 amide bonds. The number of anilines is 1. The third kappa shape index (κ3) is 4.53. The van der Waals surface area contributed by atoms with E-state index < -0.39 is 0 Å². The maximum Gasteiger partial charge on any atom is 0.319 e. The molecule has 0 radical (unpaired) electrons. The number of aromatic amines is 1. The van der Waals surface area contributed by atoms with Crippen molar-refractivity contribution in [2.75, 3.05) is 11.6 Å². The number of nitrogens with one attached hydrogen (secondary N) is 3. The van der Waals surface area contributed by atoms with Crippen molar-refractivity contribution in [3.8, 4) is 0 Å². The van der Waals surface area contributed by atoms with Gasteiger partial charge < -0.3 is 10.6 Å². The number of carbonyl (C=O) groups is 1. The Hall–Kier alpha value is -1.95. The summed E-state index contributed by atoms with van der Waals surface area (Å²) in [6.07, 6.45) is 2.95. The van der Waals surface area contributed by atoms with Crippen LogP contribution >= 0.6 is 11.8 Å². The van der Waals surface area contributed by atoms with Gasteiger partial charge in [0.1, 0.15) is 0 Å². The maximum atomic E-state index is 12.0. The Morgan fingerprint density at radius 3 is 2.91 bits per heavy atom. The Kier molecular flexibility index (Phi) is 5.89. The second-order valence-electron chi connectivity index (χ2n) is 5.05. The molecule has 0 aliphatic carbocycles. The van der Waals surface area contributed by atoms with Crippen LogP contribution in [0.5, 0.6) is 0 Å². The van der Waals surface area contributed by atoms with E-state index in [1.165, 1.54) is 5.56 Å². The lowest BCUT2D eigenvalue weighted by molar-refractivity contribution is 0.251. The highest BCUT2D eigenvalue weighted by Gasteiger charge is 2.07. The summed E-state index contributed by atoms with van der Waals surface area (Å²) in [5.74, 6) is 0. The average molecular weight is 318 g/mol. The van der Waals surface area contributed by atoms with Crippen LogP contribution in [0.25, 0.3) is 0 Å². The van der Waals surface area contributed by atoms with E-state index in [0.717, 1.165) is 23.5 Å². The quantitative estimate of drug-likeness (QED) is 0.760. The van der Waals surface area contributed by atoms with Crippen molar-refractivity contribution >= 4 is 23.5 Å². The standard InChI is InChI=1S/C16H22N4OS/c1-4-13-9-15(20-19-13)10-17-16(21)18-14-7-5-6-12(8-14)11(2)22-3/h5-9,11H,4,10H2,1-3H3,(H,19,20)(H2,17,18,21). The number of carbonyl (C=O) groups excluding carboxylic acids is 1. The fourth-order valence-electron chi connectivity index (χ4n) is 2.04. The Morgan fingerprint density at radius 2 is 2.23 bits per heavy atom. The topological polar surface area (TPSA) is 69.8 Å². The average Bonchev–Trinajstić information content (AvgIpc) is 3.00. The highest BCUT2D eigenvalue weighted by Crippen LogP contribution is 2.27. The van der Waals surface area contributed by atoms with Crippen molar-refractivity contribution in [1.82, 2.24) is 15.5 Å². The van der Waals surface area contributed by atoms with Gasteiger partial charge in [-0.2, -0.15) is 16.9 Å². The van der Waals surface area contributed by atoms with Crippen LogP contribution in [0.2, 0.25) is 0 Å². The van der Waals surface area contributed by atoms with Crippen molar-refractivity contribution in [3.63, 3.8) is 0 Å². The third-order valence-electron chi connectivity index (χ3n) is 3.45. The zero-order valence-corrected chi connectivity index (χ0v) is 14.0. The zero-order valence-electron chi connectivity index (χ0n) is 13.1. The number of aromatic nitrogens is 2. The lowest BCUT2D eigenvalue weighted by Crippen LogP contribution is -2.28. The summed E-state index contributed by atoms with van der Waals surface area (Å²) in [6, 6.07) is 9.66. The SMILES string of the molecule is CCc1cc(CNC(=O)Nc2cccc(C(C)SC)c2)[nH]n1. The molecule has 6 heteroatoms. The molecule has 5 nitrogen and oxygen atoms in total. The van der Waals surface area contributed by atoms with Crippen LogP contribution in [0.15, 0.2) is 30.3 Å². The molecule has 0 fully saturated rings. The van der Waals surface area contributed by atoms with Gasteiger partial charge in [0.15, 0.2) is 0 Å². The van der Waals surface area contributed by atoms with E-state index >= 15 is 0 Å². The summed E-state index contributed by atoms with van der Waals surface area (Å²) in [7, 11) is 0. The van der Waals surface area contributed by atoms with Gasteiger partial charge in [-0.25, -0.2) is 4.79 Å². The summed E-state index contributed by atoms with van der Waals surface area (Å²) in [5, 5.41) is 13.1. The Bertz CT molecular complexity index is 626. The van der Waals surface area contributed by atoms with Crippen LogP contribution in [-0.4, -0.2) is 22.5 Å². The number of hydrogen-bond acceptors (Lipinski definition) is 3. The predicted octanol–water partition coefficient (Wildman–Crippen LogP) is 3.72. The first-order chi connectivity index (χ1) is 10.6. The number of urea groups is 1. The van der Waals surface area contributed by atoms with Gasteiger partial charge >= 0.3 is 6.03 Å². The van der Waals surface area contributed by atoms with Gasteiger partial charge in [0, 0.05) is 10.9 Å². The fourth-order valence-corrected chi connectivity index (χ4v) is 2.46. The number of rotatable bonds is 6. The van der Waals surface area contributed by atoms with Crippen LogP contribution in [0.1, 0.15) is 36.0 Å². The first kappa shape index (κ1) is 16.4. The van der Waals surface area contributed by atoms with E-state index in [9.17, 15) is 4.79 Å². The molecule has 0 spiro atoms. The van der Waals surface area contributed by atoms with E-state index in [1.807, 2.05) is 31.2 Å². The minimum atomic E-state index is -0.221. The number of H-pyrrole nitrogens is 1. The van der Waals surface area contributed by atoms with Crippen LogP contribution in [0, 0.1) is 0 Å². The van der Waals surface area contributed by atoms with E-state index in [0.29, 0.717) is 11.8 Å². The summed E-state index contributed by atoms with van der Waals surface area (Å²) >= 11 is 1.78. The second-order valence-corrected chi connectivity index (χ2v) is 6.23. The maximum absolute atomic E-state index is 12.0. The van der Waals surface area contributed by atoms with Gasteiger partial charge in [-0.1, -0.05) is 19.1 Å². The molecule has 0 saturated carbocycles. The molecule has 0 aliphatic rings. The number of amides is 2. The van der Waals surface area contributed by atoms with Crippen LogP contribution in [-0.2, 0) is 13.0 Å². The molecule has 118 valence electrons. The third-order valence-corrected chi connectivity index (χ3v) is 4.43. The van der Waals surface area contributed by atoms with E-state index in [4.69, 9.17) is 0 Å². The van der Waals surface area contributed by atoms with Crippen molar-refractivity contribution in [2.45, 2.75) is 32.1 Å². The Morgan fingerprint density at radius 1 is 1.41 bits per heavy atom. The summed E-state index contributed by atoms with van der Waals surface area (Å²) in [4.78, 5) is 12.0. The molecule has 1 atom stereocenters. The monoisotopic (exact) mass is 318 g/mol. The number of nitrogens with zero attached hydrogens (tertiary/aromatic N) is 1. The predicted molar refractivity (Wildman–Crippen MR) is 92.2 cm³/mol. The molecule has 0 saturated heterocycles. The van der Waals surface area contributed by atoms with Crippen molar-refractivity contribution in [2.24, 2.45) is 0 Å². The van der Waals surface area contributed by atoms with E-state index in [-0.39, 0.29) is 6.03 Å².